The van der Waals surface area contributed by atoms with Crippen molar-refractivity contribution in [3.63, 3.8) is 0 Å². The Morgan fingerprint density at radius 2 is 1.70 bits per heavy atom. The molecule has 2 aliphatic rings. The van der Waals surface area contributed by atoms with Gasteiger partial charge in [-0.05, 0) is 75.0 Å². The number of aliphatic hydroxyl groups excluding tert-OH is 2. The van der Waals surface area contributed by atoms with E-state index in [1.165, 1.54) is 5.56 Å². The van der Waals surface area contributed by atoms with Gasteiger partial charge in [-0.2, -0.15) is 0 Å². The van der Waals surface area contributed by atoms with Crippen molar-refractivity contribution < 1.29 is 24.5 Å². The van der Waals surface area contributed by atoms with Crippen LogP contribution in [0.1, 0.15) is 54.6 Å². The minimum atomic E-state index is -1.22. The lowest BCUT2D eigenvalue weighted by molar-refractivity contribution is -0.165. The number of fused-ring (bicyclic) bond motifs is 1. The summed E-state index contributed by atoms with van der Waals surface area (Å²) in [6.07, 6.45) is 4.88. The molecule has 0 radical (unpaired) electrons. The summed E-state index contributed by atoms with van der Waals surface area (Å²) >= 11 is 0. The van der Waals surface area contributed by atoms with E-state index in [-0.39, 0.29) is 31.4 Å². The van der Waals surface area contributed by atoms with Gasteiger partial charge in [0.2, 0.25) is 0 Å². The van der Waals surface area contributed by atoms with E-state index in [9.17, 15) is 19.8 Å². The SMILES string of the molecule is O=C(c1ccc2ccccc2n1)N1CCCCC2(CCN(Cc3ccncc3)CC2)C(=O)OC[C@@H](O)[C@@H](O)CC1. The quantitative estimate of drug-likeness (QED) is 0.482. The van der Waals surface area contributed by atoms with Crippen molar-refractivity contribution in [1.29, 1.82) is 0 Å². The van der Waals surface area contributed by atoms with Crippen LogP contribution in [-0.2, 0) is 16.1 Å². The molecular weight excluding hydrogens is 508 g/mol. The number of nitrogens with zero attached hydrogens (tertiary/aromatic N) is 4. The second-order valence-electron chi connectivity index (χ2n) is 11.1. The second kappa shape index (κ2) is 12.8. The molecule has 1 amide bonds. The first kappa shape index (κ1) is 28.1. The number of carbonyl (C=O) groups excluding carboxylic acids is 2. The van der Waals surface area contributed by atoms with Crippen molar-refractivity contribution in [2.45, 2.75) is 57.3 Å². The van der Waals surface area contributed by atoms with Crippen molar-refractivity contribution in [1.82, 2.24) is 19.8 Å². The topological polar surface area (TPSA) is 116 Å². The average molecular weight is 547 g/mol. The summed E-state index contributed by atoms with van der Waals surface area (Å²) in [4.78, 5) is 39.5. The zero-order valence-corrected chi connectivity index (χ0v) is 22.8. The summed E-state index contributed by atoms with van der Waals surface area (Å²) in [6, 6.07) is 15.3. The summed E-state index contributed by atoms with van der Waals surface area (Å²) in [5.41, 5.74) is 1.66. The Morgan fingerprint density at radius 3 is 2.50 bits per heavy atom. The first-order valence-electron chi connectivity index (χ1n) is 14.2. The largest absolute Gasteiger partial charge is 0.462 e. The Bertz CT molecular complexity index is 1300. The minimum absolute atomic E-state index is 0.174. The predicted octanol–water partition coefficient (Wildman–Crippen LogP) is 3.19. The summed E-state index contributed by atoms with van der Waals surface area (Å²) in [7, 11) is 0. The molecule has 2 saturated heterocycles. The number of benzene rings is 1. The first-order valence-corrected chi connectivity index (χ1v) is 14.2. The maximum Gasteiger partial charge on any atom is 0.312 e. The fourth-order valence-corrected chi connectivity index (χ4v) is 5.78. The molecule has 1 spiro atoms. The number of aliphatic hydroxyl groups is 2. The molecule has 40 heavy (non-hydrogen) atoms. The lowest BCUT2D eigenvalue weighted by Gasteiger charge is -2.40. The Labute approximate surface area is 234 Å². The van der Waals surface area contributed by atoms with Gasteiger partial charge in [-0.1, -0.05) is 30.7 Å². The fourth-order valence-electron chi connectivity index (χ4n) is 5.78. The predicted molar refractivity (Wildman–Crippen MR) is 150 cm³/mol. The number of piperidine rings is 1. The summed E-state index contributed by atoms with van der Waals surface area (Å²) in [5, 5.41) is 22.1. The average Bonchev–Trinajstić information content (AvgIpc) is 3.00. The van der Waals surface area contributed by atoms with Crippen molar-refractivity contribution >= 4 is 22.8 Å². The van der Waals surface area contributed by atoms with Gasteiger partial charge in [-0.3, -0.25) is 19.5 Å². The van der Waals surface area contributed by atoms with E-state index in [2.05, 4.69) is 14.9 Å². The van der Waals surface area contributed by atoms with E-state index in [1.807, 2.05) is 42.5 Å². The van der Waals surface area contributed by atoms with E-state index in [0.29, 0.717) is 37.9 Å². The standard InChI is InChI=1S/C31H38N4O5/c36-27-11-18-35(29(38)26-8-7-24-5-1-2-6-25(24)33-26)17-4-3-12-31(30(39)40-22-28(27)37)13-19-34(20-14-31)21-23-9-15-32-16-10-23/h1-2,5-10,15-16,27-28,36-37H,3-4,11-14,17-22H2/t27-,28+/m0/s1. The number of amides is 1. The van der Waals surface area contributed by atoms with E-state index in [4.69, 9.17) is 4.74 Å². The summed E-state index contributed by atoms with van der Waals surface area (Å²) in [5.74, 6) is -0.497. The Hall–Kier alpha value is -3.40. The molecule has 2 N–H and O–H groups in total. The Kier molecular flexibility index (Phi) is 9.04. The molecule has 0 bridgehead atoms. The number of para-hydroxylation sites is 1. The third-order valence-corrected chi connectivity index (χ3v) is 8.36. The maximum atomic E-state index is 13.5. The zero-order chi connectivity index (χ0) is 28.0. The number of pyridine rings is 2. The van der Waals surface area contributed by atoms with Gasteiger partial charge in [-0.25, -0.2) is 4.98 Å². The van der Waals surface area contributed by atoms with Crippen LogP contribution in [0.15, 0.2) is 60.9 Å². The van der Waals surface area contributed by atoms with Crippen LogP contribution in [0.3, 0.4) is 0 Å². The van der Waals surface area contributed by atoms with E-state index < -0.39 is 17.6 Å². The van der Waals surface area contributed by atoms with Crippen molar-refractivity contribution in [3.05, 3.63) is 72.2 Å². The van der Waals surface area contributed by atoms with Crippen LogP contribution in [-0.4, -0.2) is 86.9 Å². The number of aromatic nitrogens is 2. The van der Waals surface area contributed by atoms with Crippen LogP contribution < -0.4 is 0 Å². The molecule has 0 unspecified atom stereocenters. The van der Waals surface area contributed by atoms with Gasteiger partial charge in [0, 0.05) is 37.4 Å². The fraction of sp³-hybridized carbons (Fsp3) is 0.484. The van der Waals surface area contributed by atoms with Crippen LogP contribution in [0.4, 0.5) is 0 Å². The second-order valence-corrected chi connectivity index (χ2v) is 11.1. The molecule has 1 aromatic carbocycles. The highest BCUT2D eigenvalue weighted by molar-refractivity contribution is 5.94. The lowest BCUT2D eigenvalue weighted by atomic mass is 9.74. The number of hydrogen-bond donors (Lipinski definition) is 2. The molecule has 2 fully saturated rings. The monoisotopic (exact) mass is 546 g/mol. The van der Waals surface area contributed by atoms with Crippen molar-refractivity contribution in [2.24, 2.45) is 5.41 Å². The molecule has 3 aromatic rings. The van der Waals surface area contributed by atoms with Gasteiger partial charge >= 0.3 is 5.97 Å². The number of hydrogen-bond acceptors (Lipinski definition) is 8. The normalized spacial score (nSPS) is 23.1. The third-order valence-electron chi connectivity index (χ3n) is 8.36. The third kappa shape index (κ3) is 6.66. The number of carbonyl (C=O) groups is 2. The van der Waals surface area contributed by atoms with Crippen LogP contribution >= 0.6 is 0 Å². The Morgan fingerprint density at radius 1 is 0.925 bits per heavy atom. The van der Waals surface area contributed by atoms with Crippen molar-refractivity contribution in [2.75, 3.05) is 32.8 Å². The number of rotatable bonds is 3. The number of esters is 1. The highest BCUT2D eigenvalue weighted by Crippen LogP contribution is 2.38. The molecule has 0 saturated carbocycles. The zero-order valence-electron chi connectivity index (χ0n) is 22.8. The molecule has 2 aliphatic heterocycles. The highest BCUT2D eigenvalue weighted by Gasteiger charge is 2.42. The van der Waals surface area contributed by atoms with Crippen LogP contribution in [0, 0.1) is 5.41 Å². The van der Waals surface area contributed by atoms with Gasteiger partial charge in [-0.15, -0.1) is 0 Å². The smallest absolute Gasteiger partial charge is 0.312 e. The summed E-state index contributed by atoms with van der Waals surface area (Å²) < 4.78 is 5.60. The maximum absolute atomic E-state index is 13.5. The van der Waals surface area contributed by atoms with Crippen LogP contribution in [0.25, 0.3) is 10.9 Å². The summed E-state index contributed by atoms with van der Waals surface area (Å²) in [6.45, 7) is 2.83. The molecule has 2 aromatic heterocycles. The Balaban J connectivity index is 1.27. The van der Waals surface area contributed by atoms with E-state index >= 15 is 0 Å². The minimum Gasteiger partial charge on any atom is -0.462 e. The van der Waals surface area contributed by atoms with Gasteiger partial charge in [0.25, 0.3) is 5.91 Å². The molecule has 0 aliphatic carbocycles. The molecule has 9 heteroatoms. The van der Waals surface area contributed by atoms with E-state index in [1.54, 1.807) is 23.4 Å². The lowest BCUT2D eigenvalue weighted by Crippen LogP contribution is -2.45. The van der Waals surface area contributed by atoms with Crippen LogP contribution in [0.5, 0.6) is 0 Å². The first-order chi connectivity index (χ1) is 19.4. The van der Waals surface area contributed by atoms with Gasteiger partial charge in [0.1, 0.15) is 18.4 Å². The highest BCUT2D eigenvalue weighted by atomic mass is 16.5. The molecule has 4 heterocycles. The van der Waals surface area contributed by atoms with Crippen LogP contribution in [0.2, 0.25) is 0 Å². The molecule has 9 nitrogen and oxygen atoms in total. The van der Waals surface area contributed by atoms with Gasteiger partial charge < -0.3 is 19.8 Å². The van der Waals surface area contributed by atoms with Gasteiger partial charge in [0.05, 0.1) is 17.0 Å². The number of ether oxygens (including phenoxy) is 1. The van der Waals surface area contributed by atoms with Crippen molar-refractivity contribution in [3.8, 4) is 0 Å². The number of cyclic esters (lactones) is 1. The number of likely N-dealkylation sites (tertiary alicyclic amines) is 1. The molecular formula is C31H38N4O5. The van der Waals surface area contributed by atoms with Gasteiger partial charge in [0.15, 0.2) is 0 Å². The molecule has 212 valence electrons. The molecule has 5 rings (SSSR count). The van der Waals surface area contributed by atoms with E-state index in [0.717, 1.165) is 37.0 Å². The molecule has 2 atom stereocenters.